The molecule has 0 aromatic carbocycles. The third-order valence-electron chi connectivity index (χ3n) is 4.69. The minimum atomic E-state index is -0.0898. The molecule has 0 saturated carbocycles. The molecule has 2 aromatic rings. The number of thiophene rings is 1. The van der Waals surface area contributed by atoms with E-state index in [0.717, 1.165) is 13.0 Å². The molecule has 1 amide bonds. The van der Waals surface area contributed by atoms with Crippen LogP contribution in [0.5, 0.6) is 0 Å². The first-order chi connectivity index (χ1) is 10.3. The van der Waals surface area contributed by atoms with Gasteiger partial charge in [-0.2, -0.15) is 11.3 Å². The standard InChI is InChI=1S/C16H18N2O2S/c19-16(15-2-1-6-20-15)17-13-8-12-3-4-14(13)18(12)9-11-5-7-21-10-11/h1-2,5-7,10,12-14H,3-4,8-9H2,(H,17,19). The van der Waals surface area contributed by atoms with Crippen molar-refractivity contribution < 1.29 is 9.21 Å². The van der Waals surface area contributed by atoms with Crippen LogP contribution in [0.15, 0.2) is 39.6 Å². The van der Waals surface area contributed by atoms with Crippen LogP contribution in [0.3, 0.4) is 0 Å². The van der Waals surface area contributed by atoms with Crippen molar-refractivity contribution in [2.75, 3.05) is 0 Å². The summed E-state index contributed by atoms with van der Waals surface area (Å²) in [5.74, 6) is 0.315. The molecule has 2 aliphatic heterocycles. The van der Waals surface area contributed by atoms with E-state index in [9.17, 15) is 4.79 Å². The molecular formula is C16H18N2O2S. The molecule has 5 heteroatoms. The summed E-state index contributed by atoms with van der Waals surface area (Å²) in [5, 5.41) is 7.50. The molecule has 4 rings (SSSR count). The Balaban J connectivity index is 1.43. The summed E-state index contributed by atoms with van der Waals surface area (Å²) in [6.45, 7) is 1.01. The first kappa shape index (κ1) is 13.1. The van der Waals surface area contributed by atoms with Gasteiger partial charge in [0.25, 0.3) is 5.91 Å². The van der Waals surface area contributed by atoms with Gasteiger partial charge in [-0.1, -0.05) is 0 Å². The lowest BCUT2D eigenvalue weighted by Crippen LogP contribution is -2.43. The molecular weight excluding hydrogens is 284 g/mol. The van der Waals surface area contributed by atoms with Gasteiger partial charge in [-0.05, 0) is 53.8 Å². The molecule has 0 aliphatic carbocycles. The Bertz CT molecular complexity index is 608. The molecule has 4 nitrogen and oxygen atoms in total. The van der Waals surface area contributed by atoms with Gasteiger partial charge in [0.15, 0.2) is 5.76 Å². The molecule has 2 aromatic heterocycles. The second kappa shape index (κ2) is 5.31. The minimum absolute atomic E-state index is 0.0898. The van der Waals surface area contributed by atoms with Crippen molar-refractivity contribution in [1.82, 2.24) is 10.2 Å². The Morgan fingerprint density at radius 3 is 3.14 bits per heavy atom. The summed E-state index contributed by atoms with van der Waals surface area (Å²) in [6, 6.07) is 6.98. The van der Waals surface area contributed by atoms with Crippen LogP contribution < -0.4 is 5.32 Å². The maximum atomic E-state index is 12.1. The van der Waals surface area contributed by atoms with Crippen molar-refractivity contribution in [3.63, 3.8) is 0 Å². The zero-order chi connectivity index (χ0) is 14.2. The highest BCUT2D eigenvalue weighted by atomic mass is 32.1. The number of amides is 1. The first-order valence-electron chi connectivity index (χ1n) is 7.42. The smallest absolute Gasteiger partial charge is 0.287 e. The van der Waals surface area contributed by atoms with Crippen molar-refractivity contribution in [3.8, 4) is 0 Å². The van der Waals surface area contributed by atoms with E-state index in [1.165, 1.54) is 18.4 Å². The van der Waals surface area contributed by atoms with Crippen LogP contribution in [-0.4, -0.2) is 28.9 Å². The quantitative estimate of drug-likeness (QED) is 0.944. The molecule has 0 radical (unpaired) electrons. The third-order valence-corrected chi connectivity index (χ3v) is 5.42. The molecule has 3 atom stereocenters. The lowest BCUT2D eigenvalue weighted by molar-refractivity contribution is 0.0897. The van der Waals surface area contributed by atoms with Crippen molar-refractivity contribution in [1.29, 1.82) is 0 Å². The Labute approximate surface area is 127 Å². The average Bonchev–Trinajstić information content (AvgIpc) is 3.24. The van der Waals surface area contributed by atoms with Gasteiger partial charge >= 0.3 is 0 Å². The number of carbonyl (C=O) groups excluding carboxylic acids is 1. The number of rotatable bonds is 4. The molecule has 110 valence electrons. The van der Waals surface area contributed by atoms with E-state index in [2.05, 4.69) is 27.0 Å². The van der Waals surface area contributed by atoms with Gasteiger partial charge in [-0.25, -0.2) is 0 Å². The highest BCUT2D eigenvalue weighted by molar-refractivity contribution is 7.07. The van der Waals surface area contributed by atoms with E-state index in [4.69, 9.17) is 4.42 Å². The van der Waals surface area contributed by atoms with Crippen molar-refractivity contribution in [2.45, 2.75) is 43.9 Å². The van der Waals surface area contributed by atoms with Crippen LogP contribution >= 0.6 is 11.3 Å². The second-order valence-corrected chi connectivity index (χ2v) is 6.68. The van der Waals surface area contributed by atoms with Crippen molar-refractivity contribution >= 4 is 17.2 Å². The van der Waals surface area contributed by atoms with Crippen molar-refractivity contribution in [2.24, 2.45) is 0 Å². The molecule has 4 heterocycles. The molecule has 2 aliphatic rings. The topological polar surface area (TPSA) is 45.5 Å². The van der Waals surface area contributed by atoms with Crippen LogP contribution in [0.2, 0.25) is 0 Å². The molecule has 0 spiro atoms. The predicted octanol–water partition coefficient (Wildman–Crippen LogP) is 2.88. The van der Waals surface area contributed by atoms with E-state index < -0.39 is 0 Å². The maximum absolute atomic E-state index is 12.1. The number of hydrogen-bond acceptors (Lipinski definition) is 4. The van der Waals surface area contributed by atoms with Gasteiger partial charge in [0.05, 0.1) is 6.26 Å². The summed E-state index contributed by atoms with van der Waals surface area (Å²) in [5.41, 5.74) is 1.38. The minimum Gasteiger partial charge on any atom is -0.459 e. The summed E-state index contributed by atoms with van der Waals surface area (Å²) in [6.07, 6.45) is 5.03. The molecule has 2 fully saturated rings. The largest absolute Gasteiger partial charge is 0.459 e. The van der Waals surface area contributed by atoms with E-state index in [0.29, 0.717) is 17.8 Å². The Kier molecular flexibility index (Phi) is 3.31. The molecule has 3 unspecified atom stereocenters. The summed E-state index contributed by atoms with van der Waals surface area (Å²) < 4.78 is 5.17. The van der Waals surface area contributed by atoms with Crippen LogP contribution in [-0.2, 0) is 6.54 Å². The Morgan fingerprint density at radius 2 is 2.38 bits per heavy atom. The SMILES string of the molecule is O=C(NC1CC2CCC1N2Cc1ccsc1)c1ccco1. The van der Waals surface area contributed by atoms with Crippen LogP contribution in [0, 0.1) is 0 Å². The number of furan rings is 1. The van der Waals surface area contributed by atoms with E-state index in [1.54, 1.807) is 29.7 Å². The fourth-order valence-electron chi connectivity index (χ4n) is 3.74. The van der Waals surface area contributed by atoms with Gasteiger partial charge in [0.2, 0.25) is 0 Å². The Morgan fingerprint density at radius 1 is 1.43 bits per heavy atom. The molecule has 21 heavy (non-hydrogen) atoms. The molecule has 1 N–H and O–H groups in total. The summed E-state index contributed by atoms with van der Waals surface area (Å²) >= 11 is 1.75. The Hall–Kier alpha value is -1.59. The zero-order valence-corrected chi connectivity index (χ0v) is 12.5. The number of nitrogens with zero attached hydrogens (tertiary/aromatic N) is 1. The number of carbonyl (C=O) groups is 1. The first-order valence-corrected chi connectivity index (χ1v) is 8.37. The highest BCUT2D eigenvalue weighted by Gasteiger charge is 2.46. The van der Waals surface area contributed by atoms with Gasteiger partial charge < -0.3 is 9.73 Å². The van der Waals surface area contributed by atoms with Gasteiger partial charge in [0.1, 0.15) is 0 Å². The van der Waals surface area contributed by atoms with E-state index in [1.807, 2.05) is 0 Å². The van der Waals surface area contributed by atoms with Gasteiger partial charge in [0, 0.05) is 24.7 Å². The van der Waals surface area contributed by atoms with Gasteiger partial charge in [-0.3, -0.25) is 9.69 Å². The molecule has 2 saturated heterocycles. The fourth-order valence-corrected chi connectivity index (χ4v) is 4.40. The predicted molar refractivity (Wildman–Crippen MR) is 81.3 cm³/mol. The van der Waals surface area contributed by atoms with Crippen LogP contribution in [0.1, 0.15) is 35.4 Å². The molecule has 2 bridgehead atoms. The maximum Gasteiger partial charge on any atom is 0.287 e. The highest BCUT2D eigenvalue weighted by Crippen LogP contribution is 2.39. The average molecular weight is 302 g/mol. The second-order valence-electron chi connectivity index (χ2n) is 5.90. The monoisotopic (exact) mass is 302 g/mol. The van der Waals surface area contributed by atoms with Crippen LogP contribution in [0.4, 0.5) is 0 Å². The van der Waals surface area contributed by atoms with Crippen LogP contribution in [0.25, 0.3) is 0 Å². The lowest BCUT2D eigenvalue weighted by Gasteiger charge is -2.24. The van der Waals surface area contributed by atoms with Gasteiger partial charge in [-0.15, -0.1) is 0 Å². The normalized spacial score (nSPS) is 28.1. The van der Waals surface area contributed by atoms with E-state index >= 15 is 0 Å². The third kappa shape index (κ3) is 2.40. The summed E-state index contributed by atoms with van der Waals surface area (Å²) in [7, 11) is 0. The van der Waals surface area contributed by atoms with Crippen molar-refractivity contribution in [3.05, 3.63) is 46.5 Å². The van der Waals surface area contributed by atoms with E-state index in [-0.39, 0.29) is 11.9 Å². The lowest BCUT2D eigenvalue weighted by atomic mass is 9.95. The zero-order valence-electron chi connectivity index (χ0n) is 11.7. The number of hydrogen-bond donors (Lipinski definition) is 1. The number of nitrogens with one attached hydrogen (secondary N) is 1. The number of fused-ring (bicyclic) bond motifs is 2. The summed E-state index contributed by atoms with van der Waals surface area (Å²) in [4.78, 5) is 14.7. The fraction of sp³-hybridized carbons (Fsp3) is 0.438.